The van der Waals surface area contributed by atoms with Gasteiger partial charge in [-0.3, -0.25) is 0 Å². The van der Waals surface area contributed by atoms with Gasteiger partial charge in [-0.25, -0.2) is 4.79 Å². The van der Waals surface area contributed by atoms with Gasteiger partial charge in [-0.1, -0.05) is 93.2 Å². The lowest BCUT2D eigenvalue weighted by molar-refractivity contribution is -0.131. The van der Waals surface area contributed by atoms with Gasteiger partial charge in [-0.15, -0.1) is 0 Å². The highest BCUT2D eigenvalue weighted by atomic mass is 16.5. The minimum Gasteiger partial charge on any atom is -0.507 e. The summed E-state index contributed by atoms with van der Waals surface area (Å²) in [4.78, 5) is 12.8. The van der Waals surface area contributed by atoms with Crippen LogP contribution in [-0.4, -0.2) is 11.1 Å². The van der Waals surface area contributed by atoms with Crippen LogP contribution in [0, 0.1) is 5.41 Å². The Morgan fingerprint density at radius 2 is 1.53 bits per heavy atom. The number of carbonyl (C=O) groups excluding carboxylic acids is 1. The van der Waals surface area contributed by atoms with Crippen LogP contribution in [0.1, 0.15) is 96.0 Å². The van der Waals surface area contributed by atoms with Gasteiger partial charge < -0.3 is 9.84 Å². The van der Waals surface area contributed by atoms with Gasteiger partial charge >= 0.3 is 5.97 Å². The van der Waals surface area contributed by atoms with Crippen LogP contribution in [-0.2, 0) is 23.1 Å². The lowest BCUT2D eigenvalue weighted by Crippen LogP contribution is -2.22. The molecule has 0 aliphatic carbocycles. The lowest BCUT2D eigenvalue weighted by atomic mass is 9.80. The zero-order valence-electron chi connectivity index (χ0n) is 21.3. The molecule has 3 heteroatoms. The first-order valence-electron chi connectivity index (χ1n) is 11.6. The molecular formula is C29H40O3. The summed E-state index contributed by atoms with van der Waals surface area (Å²) in [5.74, 6) is 0.265. The van der Waals surface area contributed by atoms with Crippen molar-refractivity contribution in [2.24, 2.45) is 5.41 Å². The maximum atomic E-state index is 12.8. The smallest absolute Gasteiger partial charge is 0.339 e. The number of phenolic OH excluding ortho intramolecular Hbond substituents is 1. The van der Waals surface area contributed by atoms with Crippen molar-refractivity contribution in [3.63, 3.8) is 0 Å². The zero-order valence-corrected chi connectivity index (χ0v) is 21.3. The van der Waals surface area contributed by atoms with Crippen LogP contribution in [0.4, 0.5) is 0 Å². The molecule has 0 aliphatic heterocycles. The van der Waals surface area contributed by atoms with E-state index in [0.717, 1.165) is 35.1 Å². The quantitative estimate of drug-likeness (QED) is 0.290. The fraction of sp³-hybridized carbons (Fsp3) is 0.483. The molecule has 3 nitrogen and oxygen atoms in total. The largest absolute Gasteiger partial charge is 0.507 e. The van der Waals surface area contributed by atoms with Gasteiger partial charge in [0, 0.05) is 22.6 Å². The number of carbonyl (C=O) groups is 1. The van der Waals surface area contributed by atoms with Crippen LogP contribution >= 0.6 is 0 Å². The van der Waals surface area contributed by atoms with Crippen LogP contribution in [0.5, 0.6) is 11.5 Å². The minimum atomic E-state index is -0.419. The number of phenols is 1. The lowest BCUT2D eigenvalue weighted by Gasteiger charge is -2.26. The van der Waals surface area contributed by atoms with Crippen molar-refractivity contribution in [2.75, 3.05) is 0 Å². The second kappa shape index (κ2) is 9.52. The van der Waals surface area contributed by atoms with E-state index in [1.54, 1.807) is 0 Å². The van der Waals surface area contributed by atoms with Crippen molar-refractivity contribution in [3.05, 3.63) is 70.3 Å². The Morgan fingerprint density at radius 1 is 0.969 bits per heavy atom. The topological polar surface area (TPSA) is 46.5 Å². The van der Waals surface area contributed by atoms with Gasteiger partial charge in [0.2, 0.25) is 0 Å². The Labute approximate surface area is 194 Å². The van der Waals surface area contributed by atoms with E-state index in [0.29, 0.717) is 17.1 Å². The summed E-state index contributed by atoms with van der Waals surface area (Å²) in [6, 6.07) is 10.1. The van der Waals surface area contributed by atoms with Crippen molar-refractivity contribution in [3.8, 4) is 11.5 Å². The molecule has 0 aliphatic rings. The Morgan fingerprint density at radius 3 is 2.03 bits per heavy atom. The second-order valence-corrected chi connectivity index (χ2v) is 10.8. The van der Waals surface area contributed by atoms with Gasteiger partial charge in [-0.05, 0) is 46.4 Å². The third kappa shape index (κ3) is 5.62. The molecular weight excluding hydrogens is 396 g/mol. The number of ether oxygens (including phenoxy) is 1. The van der Waals surface area contributed by atoms with Crippen LogP contribution in [0.25, 0.3) is 0 Å². The standard InChI is InChI=1S/C29H40O3/c1-11-20-13-14-25(32-27(31)19(4)28(5,6)7)22(15-20)18(3)23-16-21(12-2)17-24(26(23)30)29(8,9)10/h13-18,30H,4,11-12H2,1-3,5-10H3. The second-order valence-electron chi connectivity index (χ2n) is 10.8. The van der Waals surface area contributed by atoms with Crippen LogP contribution in [0.2, 0.25) is 0 Å². The Kier molecular flexibility index (Phi) is 7.65. The number of hydrogen-bond donors (Lipinski definition) is 1. The van der Waals surface area contributed by atoms with Crippen LogP contribution in [0.3, 0.4) is 0 Å². The molecule has 1 unspecified atom stereocenters. The van der Waals surface area contributed by atoms with E-state index in [-0.39, 0.29) is 16.7 Å². The number of aromatic hydroxyl groups is 1. The molecule has 1 N–H and O–H groups in total. The van der Waals surface area contributed by atoms with Gasteiger partial charge in [0.05, 0.1) is 0 Å². The molecule has 0 radical (unpaired) electrons. The fourth-order valence-corrected chi connectivity index (χ4v) is 3.71. The molecule has 2 aromatic rings. The minimum absolute atomic E-state index is 0.153. The molecule has 1 atom stereocenters. The molecule has 2 aromatic carbocycles. The molecule has 0 heterocycles. The van der Waals surface area contributed by atoms with Gasteiger partial charge in [-0.2, -0.15) is 0 Å². The summed E-state index contributed by atoms with van der Waals surface area (Å²) >= 11 is 0. The first kappa shape index (κ1) is 25.7. The number of hydrogen-bond acceptors (Lipinski definition) is 3. The van der Waals surface area contributed by atoms with Crippen molar-refractivity contribution < 1.29 is 14.6 Å². The van der Waals surface area contributed by atoms with E-state index in [1.807, 2.05) is 32.9 Å². The van der Waals surface area contributed by atoms with E-state index in [9.17, 15) is 9.90 Å². The van der Waals surface area contributed by atoms with E-state index >= 15 is 0 Å². The number of esters is 1. The first-order chi connectivity index (χ1) is 14.7. The van der Waals surface area contributed by atoms with Gasteiger partial charge in [0.15, 0.2) is 0 Å². The highest BCUT2D eigenvalue weighted by Crippen LogP contribution is 2.42. The summed E-state index contributed by atoms with van der Waals surface area (Å²) in [6.45, 7) is 22.4. The first-order valence-corrected chi connectivity index (χ1v) is 11.6. The zero-order chi connectivity index (χ0) is 24.4. The summed E-state index contributed by atoms with van der Waals surface area (Å²) < 4.78 is 5.85. The normalized spacial score (nSPS) is 13.0. The van der Waals surface area contributed by atoms with Crippen molar-refractivity contribution in [1.82, 2.24) is 0 Å². The maximum Gasteiger partial charge on any atom is 0.339 e. The summed E-state index contributed by atoms with van der Waals surface area (Å²) in [7, 11) is 0. The van der Waals surface area contributed by atoms with Crippen LogP contribution in [0.15, 0.2) is 42.5 Å². The molecule has 0 saturated carbocycles. The predicted molar refractivity (Wildman–Crippen MR) is 134 cm³/mol. The Bertz CT molecular complexity index is 1000. The van der Waals surface area contributed by atoms with Gasteiger partial charge in [0.1, 0.15) is 11.5 Å². The Balaban J connectivity index is 2.62. The monoisotopic (exact) mass is 436 g/mol. The van der Waals surface area contributed by atoms with E-state index in [1.165, 1.54) is 5.56 Å². The van der Waals surface area contributed by atoms with Crippen LogP contribution < -0.4 is 4.74 Å². The van der Waals surface area contributed by atoms with E-state index in [2.05, 4.69) is 66.3 Å². The highest BCUT2D eigenvalue weighted by molar-refractivity contribution is 5.91. The predicted octanol–water partition coefficient (Wildman–Crippen LogP) is 7.47. The van der Waals surface area contributed by atoms with Crippen molar-refractivity contribution in [2.45, 2.75) is 86.5 Å². The number of benzene rings is 2. The average Bonchev–Trinajstić information content (AvgIpc) is 2.71. The SMILES string of the molecule is C=C(C(=O)Oc1ccc(CC)cc1C(C)c1cc(CC)cc(C(C)(C)C)c1O)C(C)(C)C. The molecule has 2 rings (SSSR count). The number of rotatable bonds is 6. The third-order valence-electron chi connectivity index (χ3n) is 6.19. The molecule has 0 aromatic heterocycles. The number of aryl methyl sites for hydroxylation is 2. The summed E-state index contributed by atoms with van der Waals surface area (Å²) in [6.07, 6.45) is 1.75. The summed E-state index contributed by atoms with van der Waals surface area (Å²) in [5, 5.41) is 11.2. The van der Waals surface area contributed by atoms with E-state index < -0.39 is 5.97 Å². The van der Waals surface area contributed by atoms with Crippen molar-refractivity contribution in [1.29, 1.82) is 0 Å². The summed E-state index contributed by atoms with van der Waals surface area (Å²) in [5.41, 5.74) is 4.89. The molecule has 0 amide bonds. The van der Waals surface area contributed by atoms with E-state index in [4.69, 9.17) is 4.74 Å². The molecule has 0 saturated heterocycles. The molecule has 0 bridgehead atoms. The third-order valence-corrected chi connectivity index (χ3v) is 6.19. The molecule has 174 valence electrons. The highest BCUT2D eigenvalue weighted by Gasteiger charge is 2.27. The molecule has 32 heavy (non-hydrogen) atoms. The fourth-order valence-electron chi connectivity index (χ4n) is 3.71. The molecule has 0 spiro atoms. The Hall–Kier alpha value is -2.55. The average molecular weight is 437 g/mol. The van der Waals surface area contributed by atoms with Gasteiger partial charge in [0.25, 0.3) is 0 Å². The molecule has 0 fully saturated rings. The maximum absolute atomic E-state index is 12.8. The van der Waals surface area contributed by atoms with Crippen molar-refractivity contribution >= 4 is 5.97 Å².